The summed E-state index contributed by atoms with van der Waals surface area (Å²) in [6.07, 6.45) is 2.30. The molecule has 0 aromatic heterocycles. The number of amides is 1. The van der Waals surface area contributed by atoms with Crippen molar-refractivity contribution in [1.82, 2.24) is 0 Å². The smallest absolute Gasteiger partial charge is 0.224 e. The van der Waals surface area contributed by atoms with Crippen molar-refractivity contribution in [2.45, 2.75) is 33.1 Å². The average Bonchev–Trinajstić information content (AvgIpc) is 2.34. The lowest BCUT2D eigenvalue weighted by atomic mass is 10.0. The number of hydrogen-bond donors (Lipinski definition) is 2. The van der Waals surface area contributed by atoms with E-state index < -0.39 is 0 Å². The van der Waals surface area contributed by atoms with Crippen LogP contribution < -0.4 is 11.1 Å². The third-order valence-corrected chi connectivity index (χ3v) is 4.11. The zero-order valence-corrected chi connectivity index (χ0v) is 13.6. The Balaban J connectivity index is 2.55. The number of benzene rings is 1. The first-order chi connectivity index (χ1) is 8.93. The Morgan fingerprint density at radius 1 is 1.47 bits per heavy atom. The molecule has 1 rings (SSSR count). The summed E-state index contributed by atoms with van der Waals surface area (Å²) >= 11 is 9.48. The van der Waals surface area contributed by atoms with Gasteiger partial charge in [0.05, 0.1) is 5.69 Å². The number of nitrogens with two attached hydrogens (primary N) is 1. The fraction of sp³-hybridized carbons (Fsp3) is 0.500. The van der Waals surface area contributed by atoms with E-state index in [1.165, 1.54) is 0 Å². The number of halogens is 2. The molecule has 0 saturated heterocycles. The Kier molecular flexibility index (Phi) is 6.83. The van der Waals surface area contributed by atoms with E-state index in [0.29, 0.717) is 29.6 Å². The first-order valence-corrected chi connectivity index (χ1v) is 7.56. The van der Waals surface area contributed by atoms with Gasteiger partial charge in [-0.2, -0.15) is 0 Å². The lowest BCUT2D eigenvalue weighted by molar-refractivity contribution is -0.116. The summed E-state index contributed by atoms with van der Waals surface area (Å²) in [5, 5.41) is 3.52. The van der Waals surface area contributed by atoms with Crippen molar-refractivity contribution in [3.05, 3.63) is 27.2 Å². The molecule has 0 aliphatic rings. The molecular formula is C14H20BrClN2O. The molecule has 3 nitrogen and oxygen atoms in total. The second kappa shape index (κ2) is 7.88. The summed E-state index contributed by atoms with van der Waals surface area (Å²) in [6.45, 7) is 4.70. The zero-order chi connectivity index (χ0) is 14.4. The number of aryl methyl sites for hydroxylation is 1. The minimum absolute atomic E-state index is 0.00416. The third kappa shape index (κ3) is 5.51. The van der Waals surface area contributed by atoms with E-state index >= 15 is 0 Å². The highest BCUT2D eigenvalue weighted by Crippen LogP contribution is 2.29. The molecule has 1 amide bonds. The van der Waals surface area contributed by atoms with Gasteiger partial charge in [-0.05, 0) is 65.9 Å². The van der Waals surface area contributed by atoms with Gasteiger partial charge >= 0.3 is 0 Å². The number of carbonyl (C=O) groups excluding carboxylic acids is 1. The van der Waals surface area contributed by atoms with E-state index in [9.17, 15) is 4.79 Å². The second-order valence-electron chi connectivity index (χ2n) is 4.85. The molecule has 1 aromatic rings. The molecule has 1 aromatic carbocycles. The molecule has 1 atom stereocenters. The molecule has 0 heterocycles. The van der Waals surface area contributed by atoms with Gasteiger partial charge in [-0.15, -0.1) is 0 Å². The van der Waals surface area contributed by atoms with Crippen LogP contribution in [0.4, 0.5) is 5.69 Å². The van der Waals surface area contributed by atoms with E-state index in [0.717, 1.165) is 22.9 Å². The van der Waals surface area contributed by atoms with Crippen molar-refractivity contribution in [2.24, 2.45) is 11.7 Å². The Bertz CT molecular complexity index is 451. The molecule has 106 valence electrons. The Labute approximate surface area is 128 Å². The maximum absolute atomic E-state index is 11.9. The first-order valence-electron chi connectivity index (χ1n) is 6.39. The van der Waals surface area contributed by atoms with Crippen LogP contribution in [0, 0.1) is 12.8 Å². The summed E-state index contributed by atoms with van der Waals surface area (Å²) in [4.78, 5) is 11.9. The SMILES string of the molecule is Cc1cc(Br)c(NC(=O)CCC(C)CCN)cc1Cl. The van der Waals surface area contributed by atoms with Crippen LogP contribution >= 0.6 is 27.5 Å². The maximum atomic E-state index is 11.9. The van der Waals surface area contributed by atoms with Crippen molar-refractivity contribution >= 4 is 39.1 Å². The van der Waals surface area contributed by atoms with Crippen LogP contribution in [0.5, 0.6) is 0 Å². The largest absolute Gasteiger partial charge is 0.330 e. The molecule has 0 radical (unpaired) electrons. The van der Waals surface area contributed by atoms with Gasteiger partial charge in [0.25, 0.3) is 0 Å². The van der Waals surface area contributed by atoms with E-state index in [1.54, 1.807) is 6.07 Å². The molecule has 0 fully saturated rings. The quantitative estimate of drug-likeness (QED) is 0.813. The molecule has 5 heteroatoms. The lowest BCUT2D eigenvalue weighted by Gasteiger charge is -2.12. The highest BCUT2D eigenvalue weighted by atomic mass is 79.9. The van der Waals surface area contributed by atoms with Gasteiger partial charge in [0.15, 0.2) is 0 Å². The highest BCUT2D eigenvalue weighted by Gasteiger charge is 2.10. The fourth-order valence-electron chi connectivity index (χ4n) is 1.76. The van der Waals surface area contributed by atoms with Crippen LogP contribution in [0.2, 0.25) is 5.02 Å². The molecule has 0 aliphatic carbocycles. The normalized spacial score (nSPS) is 12.3. The molecule has 3 N–H and O–H groups in total. The maximum Gasteiger partial charge on any atom is 0.224 e. The van der Waals surface area contributed by atoms with Crippen molar-refractivity contribution in [3.63, 3.8) is 0 Å². The number of rotatable bonds is 6. The summed E-state index contributed by atoms with van der Waals surface area (Å²) in [5.74, 6) is 0.477. The van der Waals surface area contributed by atoms with Gasteiger partial charge < -0.3 is 11.1 Å². The van der Waals surface area contributed by atoms with E-state index in [4.69, 9.17) is 17.3 Å². The van der Waals surface area contributed by atoms with Crippen LogP contribution in [-0.2, 0) is 4.79 Å². The van der Waals surface area contributed by atoms with Crippen molar-refractivity contribution in [1.29, 1.82) is 0 Å². The van der Waals surface area contributed by atoms with Gasteiger partial charge in [0, 0.05) is 15.9 Å². The second-order valence-corrected chi connectivity index (χ2v) is 6.11. The fourth-order valence-corrected chi connectivity index (χ4v) is 2.48. The van der Waals surface area contributed by atoms with Crippen LogP contribution in [0.25, 0.3) is 0 Å². The molecule has 1 unspecified atom stereocenters. The van der Waals surface area contributed by atoms with Crippen LogP contribution in [0.3, 0.4) is 0 Å². The van der Waals surface area contributed by atoms with Gasteiger partial charge in [0.2, 0.25) is 5.91 Å². The standard InChI is InChI=1S/C14H20BrClN2O/c1-9(5-6-17)3-4-14(19)18-13-8-12(16)10(2)7-11(13)15/h7-9H,3-6,17H2,1-2H3,(H,18,19). The molecule has 19 heavy (non-hydrogen) atoms. The Morgan fingerprint density at radius 3 is 2.79 bits per heavy atom. The summed E-state index contributed by atoms with van der Waals surface area (Å²) in [7, 11) is 0. The van der Waals surface area contributed by atoms with E-state index in [2.05, 4.69) is 28.2 Å². The Morgan fingerprint density at radius 2 is 2.16 bits per heavy atom. The summed E-state index contributed by atoms with van der Waals surface area (Å²) in [5.41, 5.74) is 7.18. The van der Waals surface area contributed by atoms with E-state index in [-0.39, 0.29) is 5.91 Å². The minimum atomic E-state index is 0.00416. The van der Waals surface area contributed by atoms with Crippen molar-refractivity contribution in [2.75, 3.05) is 11.9 Å². The Hall–Kier alpha value is -0.580. The van der Waals surface area contributed by atoms with Crippen LogP contribution in [-0.4, -0.2) is 12.5 Å². The van der Waals surface area contributed by atoms with Gasteiger partial charge in [-0.25, -0.2) is 0 Å². The number of nitrogens with one attached hydrogen (secondary N) is 1. The van der Waals surface area contributed by atoms with Crippen molar-refractivity contribution in [3.8, 4) is 0 Å². The van der Waals surface area contributed by atoms with Crippen LogP contribution in [0.15, 0.2) is 16.6 Å². The van der Waals surface area contributed by atoms with Gasteiger partial charge in [0.1, 0.15) is 0 Å². The number of hydrogen-bond acceptors (Lipinski definition) is 2. The first kappa shape index (κ1) is 16.5. The molecule has 0 bridgehead atoms. The monoisotopic (exact) mass is 346 g/mol. The molecule has 0 spiro atoms. The number of carbonyl (C=O) groups is 1. The van der Waals surface area contributed by atoms with Gasteiger partial charge in [-0.1, -0.05) is 18.5 Å². The van der Waals surface area contributed by atoms with Gasteiger partial charge in [-0.3, -0.25) is 4.79 Å². The summed E-state index contributed by atoms with van der Waals surface area (Å²) in [6, 6.07) is 3.66. The molecular weight excluding hydrogens is 328 g/mol. The number of anilines is 1. The average molecular weight is 348 g/mol. The van der Waals surface area contributed by atoms with E-state index in [1.807, 2.05) is 13.0 Å². The third-order valence-electron chi connectivity index (χ3n) is 3.05. The molecule has 0 saturated carbocycles. The lowest BCUT2D eigenvalue weighted by Crippen LogP contribution is -2.14. The van der Waals surface area contributed by atoms with Crippen molar-refractivity contribution < 1.29 is 4.79 Å². The molecule has 0 aliphatic heterocycles. The van der Waals surface area contributed by atoms with Crippen LogP contribution in [0.1, 0.15) is 31.7 Å². The summed E-state index contributed by atoms with van der Waals surface area (Å²) < 4.78 is 0.845. The topological polar surface area (TPSA) is 55.1 Å². The highest BCUT2D eigenvalue weighted by molar-refractivity contribution is 9.10. The predicted molar refractivity (Wildman–Crippen MR) is 84.6 cm³/mol. The predicted octanol–water partition coefficient (Wildman–Crippen LogP) is 4.11. The minimum Gasteiger partial charge on any atom is -0.330 e. The zero-order valence-electron chi connectivity index (χ0n) is 11.3.